The van der Waals surface area contributed by atoms with Crippen molar-refractivity contribution in [1.29, 1.82) is 0 Å². The summed E-state index contributed by atoms with van der Waals surface area (Å²) < 4.78 is 43.3. The molecule has 5 rings (SSSR count). The van der Waals surface area contributed by atoms with Crippen LogP contribution in [-0.4, -0.2) is 50.4 Å². The van der Waals surface area contributed by atoms with Crippen LogP contribution in [-0.2, 0) is 12.7 Å². The molecule has 0 saturated carbocycles. The lowest BCUT2D eigenvalue weighted by Crippen LogP contribution is -2.55. The normalized spacial score (nSPS) is 26.5. The second kappa shape index (κ2) is 8.69. The molecule has 1 fully saturated rings. The Balaban J connectivity index is 1.76. The van der Waals surface area contributed by atoms with Crippen LogP contribution in [0.25, 0.3) is 10.9 Å². The Morgan fingerprint density at radius 3 is 2.53 bits per heavy atom. The van der Waals surface area contributed by atoms with Crippen molar-refractivity contribution < 1.29 is 13.2 Å². The van der Waals surface area contributed by atoms with Gasteiger partial charge in [0.15, 0.2) is 0 Å². The van der Waals surface area contributed by atoms with Crippen molar-refractivity contribution in [2.75, 3.05) is 23.7 Å². The number of hydrogen-bond acceptors (Lipinski definition) is 6. The fourth-order valence-electron chi connectivity index (χ4n) is 4.92. The highest BCUT2D eigenvalue weighted by molar-refractivity contribution is 8.36. The van der Waals surface area contributed by atoms with Gasteiger partial charge in [-0.1, -0.05) is 10.7 Å². The van der Waals surface area contributed by atoms with Crippen molar-refractivity contribution in [2.24, 2.45) is 0 Å². The Morgan fingerprint density at radius 2 is 1.88 bits per heavy atom. The second-order valence-electron chi connectivity index (χ2n) is 8.96. The van der Waals surface area contributed by atoms with Gasteiger partial charge in [-0.25, -0.2) is 4.79 Å². The molecule has 2 aliphatic heterocycles. The molecular weight excluding hydrogens is 489 g/mol. The minimum atomic E-state index is -4.56. The number of thiol groups is 1. The van der Waals surface area contributed by atoms with E-state index in [2.05, 4.69) is 20.3 Å². The molecule has 1 N–H and O–H groups in total. The first-order valence-electron chi connectivity index (χ1n) is 11.0. The fourth-order valence-corrected chi connectivity index (χ4v) is 7.44. The number of rotatable bonds is 2. The molecule has 4 heterocycles. The third-order valence-electron chi connectivity index (χ3n) is 6.26. The Kier molecular flexibility index (Phi) is 5.97. The van der Waals surface area contributed by atoms with E-state index in [0.29, 0.717) is 40.3 Å². The molecule has 7 nitrogen and oxygen atoms in total. The highest BCUT2D eigenvalue weighted by atomic mass is 35.7. The van der Waals surface area contributed by atoms with E-state index in [4.69, 9.17) is 10.7 Å². The highest BCUT2D eigenvalue weighted by Crippen LogP contribution is 2.51. The molecule has 0 amide bonds. The molecule has 4 atom stereocenters. The van der Waals surface area contributed by atoms with E-state index >= 15 is 0 Å². The lowest BCUT2D eigenvalue weighted by molar-refractivity contribution is -0.137. The van der Waals surface area contributed by atoms with Gasteiger partial charge in [0, 0.05) is 72.3 Å². The third-order valence-corrected chi connectivity index (χ3v) is 8.85. The molecule has 3 aromatic rings. The number of nitrogens with one attached hydrogen (secondary N) is 1. The molecule has 1 aromatic carbocycles. The number of piperazine rings is 1. The van der Waals surface area contributed by atoms with E-state index in [9.17, 15) is 18.0 Å². The zero-order valence-corrected chi connectivity index (χ0v) is 20.2. The van der Waals surface area contributed by atoms with Crippen LogP contribution >= 0.6 is 20.8 Å². The van der Waals surface area contributed by atoms with Crippen LogP contribution in [0.4, 0.5) is 19.0 Å². The van der Waals surface area contributed by atoms with E-state index in [0.717, 1.165) is 12.1 Å². The van der Waals surface area contributed by atoms with E-state index in [-0.39, 0.29) is 30.4 Å². The molecule has 34 heavy (non-hydrogen) atoms. The van der Waals surface area contributed by atoms with Gasteiger partial charge in [-0.3, -0.25) is 14.5 Å². The Morgan fingerprint density at radius 1 is 1.15 bits per heavy atom. The van der Waals surface area contributed by atoms with Gasteiger partial charge in [0.2, 0.25) is 0 Å². The molecule has 0 radical (unpaired) electrons. The Bertz CT molecular complexity index is 1280. The number of anilines is 1. The molecule has 0 aliphatic carbocycles. The van der Waals surface area contributed by atoms with Crippen LogP contribution in [0.2, 0.25) is 0 Å². The van der Waals surface area contributed by atoms with Crippen LogP contribution in [0, 0.1) is 0 Å². The summed E-state index contributed by atoms with van der Waals surface area (Å²) >= 11 is 0. The van der Waals surface area contributed by atoms with Crippen LogP contribution < -0.4 is 15.9 Å². The van der Waals surface area contributed by atoms with Crippen LogP contribution in [0.15, 0.2) is 40.4 Å². The first kappa shape index (κ1) is 23.4. The largest absolute Gasteiger partial charge is 0.416 e. The van der Waals surface area contributed by atoms with Crippen LogP contribution in [0.1, 0.15) is 31.0 Å². The Labute approximate surface area is 201 Å². The first-order chi connectivity index (χ1) is 16.1. The number of nitrogens with zero attached hydrogens (tertiary/aromatic N) is 5. The van der Waals surface area contributed by atoms with Crippen molar-refractivity contribution in [1.82, 2.24) is 24.8 Å². The molecule has 1 unspecified atom stereocenters. The summed E-state index contributed by atoms with van der Waals surface area (Å²) in [7, 11) is 5.29. The predicted molar refractivity (Wildman–Crippen MR) is 128 cm³/mol. The SMILES string of the molecule is C[C@@H]1CN(c2nc(=O)n3c4c(cc(C(F)(F)F)cc24)[SH](Cl)C[C@@H](c2cnccn2)C3)C[C@H](C)N1. The minimum Gasteiger partial charge on any atom is -0.353 e. The summed E-state index contributed by atoms with van der Waals surface area (Å²) in [5, 5.41) is 3.70. The van der Waals surface area contributed by atoms with Crippen molar-refractivity contribution in [2.45, 2.75) is 49.5 Å². The van der Waals surface area contributed by atoms with Crippen molar-refractivity contribution >= 4 is 37.5 Å². The van der Waals surface area contributed by atoms with Gasteiger partial charge in [-0.05, 0) is 26.0 Å². The second-order valence-corrected chi connectivity index (χ2v) is 11.8. The average molecular weight is 513 g/mol. The van der Waals surface area contributed by atoms with Gasteiger partial charge in [0.1, 0.15) is 5.82 Å². The van der Waals surface area contributed by atoms with Gasteiger partial charge >= 0.3 is 11.9 Å². The molecular formula is C22H24ClF3N6OS. The molecule has 1 saturated heterocycles. The van der Waals surface area contributed by atoms with E-state index in [1.807, 2.05) is 18.7 Å². The summed E-state index contributed by atoms with van der Waals surface area (Å²) in [4.78, 5) is 28.4. The van der Waals surface area contributed by atoms with E-state index in [1.165, 1.54) is 4.57 Å². The van der Waals surface area contributed by atoms with Crippen LogP contribution in [0.3, 0.4) is 0 Å². The van der Waals surface area contributed by atoms with Gasteiger partial charge in [0.25, 0.3) is 0 Å². The molecule has 0 spiro atoms. The number of benzene rings is 1. The molecule has 182 valence electrons. The summed E-state index contributed by atoms with van der Waals surface area (Å²) in [6.07, 6.45) is 0.147. The Hall–Kier alpha value is -2.37. The van der Waals surface area contributed by atoms with E-state index in [1.54, 1.807) is 18.6 Å². The average Bonchev–Trinajstić information content (AvgIpc) is 2.93. The summed E-state index contributed by atoms with van der Waals surface area (Å²) in [5.41, 5.74) is -0.202. The minimum absolute atomic E-state index is 0.0928. The summed E-state index contributed by atoms with van der Waals surface area (Å²) in [6, 6.07) is 2.39. The third kappa shape index (κ3) is 4.25. The topological polar surface area (TPSA) is 75.9 Å². The lowest BCUT2D eigenvalue weighted by atomic mass is 10.1. The summed E-state index contributed by atoms with van der Waals surface area (Å²) in [6.45, 7) is 5.27. The van der Waals surface area contributed by atoms with Gasteiger partial charge < -0.3 is 10.2 Å². The zero-order chi connectivity index (χ0) is 24.2. The highest BCUT2D eigenvalue weighted by Gasteiger charge is 2.36. The van der Waals surface area contributed by atoms with Crippen LogP contribution in [0.5, 0.6) is 0 Å². The lowest BCUT2D eigenvalue weighted by Gasteiger charge is -2.37. The van der Waals surface area contributed by atoms with Crippen molar-refractivity contribution in [3.05, 3.63) is 52.5 Å². The fraction of sp³-hybridized carbons (Fsp3) is 0.455. The van der Waals surface area contributed by atoms with Crippen molar-refractivity contribution in [3.8, 4) is 0 Å². The molecule has 12 heteroatoms. The number of alkyl halides is 3. The predicted octanol–water partition coefficient (Wildman–Crippen LogP) is 3.70. The van der Waals surface area contributed by atoms with Gasteiger partial charge in [0.05, 0.1) is 16.8 Å². The number of halogens is 4. The zero-order valence-electron chi connectivity index (χ0n) is 18.6. The smallest absolute Gasteiger partial charge is 0.353 e. The monoisotopic (exact) mass is 512 g/mol. The maximum absolute atomic E-state index is 13.9. The maximum atomic E-state index is 13.9. The van der Waals surface area contributed by atoms with Gasteiger partial charge in [-0.15, -0.1) is 10.1 Å². The maximum Gasteiger partial charge on any atom is 0.416 e. The van der Waals surface area contributed by atoms with Crippen molar-refractivity contribution in [3.63, 3.8) is 0 Å². The first-order valence-corrected chi connectivity index (χ1v) is 13.4. The molecule has 2 aliphatic rings. The van der Waals surface area contributed by atoms with Gasteiger partial charge in [-0.2, -0.15) is 18.2 Å². The number of hydrogen-bond donors (Lipinski definition) is 2. The number of aromatic nitrogens is 4. The van der Waals surface area contributed by atoms with E-state index < -0.39 is 27.5 Å². The quantitative estimate of drug-likeness (QED) is 0.510. The standard InChI is InChI=1S/C22H24ClF3N6OS/c1-12-8-31(9-13(2)29-12)20-16-5-15(22(24,25)26)6-18-19(16)32(21(33)30-20)10-14(11-34(18)23)17-7-27-3-4-28-17/h3-7,12-14,29,34H,8-11H2,1-2H3/t12-,13+,14-/m0/s1. The summed E-state index contributed by atoms with van der Waals surface area (Å²) in [5.74, 6) is 0.387. The molecule has 2 aromatic heterocycles. The molecule has 0 bridgehead atoms.